The minimum absolute atomic E-state index is 0.584. The first kappa shape index (κ1) is 29.0. The molecule has 4 heteroatoms. The Kier molecular flexibility index (Phi) is 6.78. The molecule has 0 atom stereocenters. The highest BCUT2D eigenvalue weighted by Crippen LogP contribution is 2.39. The van der Waals surface area contributed by atoms with Gasteiger partial charge in [0.15, 0.2) is 17.5 Å². The first-order chi connectivity index (χ1) is 25.3. The minimum atomic E-state index is 0.584. The van der Waals surface area contributed by atoms with Crippen molar-refractivity contribution in [3.8, 4) is 56.4 Å². The fourth-order valence-electron chi connectivity index (χ4n) is 7.26. The van der Waals surface area contributed by atoms with Gasteiger partial charge in [-0.15, -0.1) is 0 Å². The molecule has 51 heavy (non-hydrogen) atoms. The van der Waals surface area contributed by atoms with Crippen LogP contribution in [-0.2, 0) is 0 Å². The predicted octanol–water partition coefficient (Wildman–Crippen LogP) is 12.4. The molecule has 2 aromatic heterocycles. The van der Waals surface area contributed by atoms with Gasteiger partial charge < -0.3 is 4.42 Å². The minimum Gasteiger partial charge on any atom is -0.456 e. The van der Waals surface area contributed by atoms with Gasteiger partial charge >= 0.3 is 0 Å². The highest BCUT2D eigenvalue weighted by Gasteiger charge is 2.19. The molecule has 4 nitrogen and oxygen atoms in total. The van der Waals surface area contributed by atoms with E-state index in [0.29, 0.717) is 17.5 Å². The Labute approximate surface area is 294 Å². The number of rotatable bonds is 5. The zero-order valence-electron chi connectivity index (χ0n) is 27.5. The number of furan rings is 1. The average molecular weight is 652 g/mol. The lowest BCUT2D eigenvalue weighted by atomic mass is 9.94. The van der Waals surface area contributed by atoms with E-state index in [2.05, 4.69) is 140 Å². The normalized spacial score (nSPS) is 11.5. The summed E-state index contributed by atoms with van der Waals surface area (Å²) < 4.78 is 6.31. The zero-order valence-corrected chi connectivity index (χ0v) is 27.5. The second kappa shape index (κ2) is 11.9. The van der Waals surface area contributed by atoms with Gasteiger partial charge in [-0.25, -0.2) is 15.0 Å². The van der Waals surface area contributed by atoms with Crippen molar-refractivity contribution in [3.05, 3.63) is 176 Å². The van der Waals surface area contributed by atoms with Gasteiger partial charge in [0.25, 0.3) is 0 Å². The molecule has 0 saturated carbocycles. The number of fused-ring (bicyclic) bond motifs is 6. The fraction of sp³-hybridized carbons (Fsp3) is 0. The van der Waals surface area contributed by atoms with Crippen LogP contribution in [0.1, 0.15) is 0 Å². The number of aromatic nitrogens is 3. The third kappa shape index (κ3) is 5.04. The van der Waals surface area contributed by atoms with Crippen LogP contribution >= 0.6 is 0 Å². The van der Waals surface area contributed by atoms with Gasteiger partial charge in [0.2, 0.25) is 0 Å². The molecule has 0 saturated heterocycles. The van der Waals surface area contributed by atoms with Crippen LogP contribution in [0.4, 0.5) is 0 Å². The summed E-state index contributed by atoms with van der Waals surface area (Å²) in [6.45, 7) is 0. The van der Waals surface area contributed by atoms with E-state index in [1.807, 2.05) is 36.4 Å². The first-order valence-corrected chi connectivity index (χ1v) is 17.1. The summed E-state index contributed by atoms with van der Waals surface area (Å²) in [6.07, 6.45) is 0. The Hall–Kier alpha value is -6.91. The van der Waals surface area contributed by atoms with Crippen LogP contribution in [0, 0.1) is 0 Å². The molecule has 0 aliphatic rings. The summed E-state index contributed by atoms with van der Waals surface area (Å²) >= 11 is 0. The van der Waals surface area contributed by atoms with Gasteiger partial charge in [-0.3, -0.25) is 0 Å². The van der Waals surface area contributed by atoms with E-state index < -0.39 is 0 Å². The Balaban J connectivity index is 1.25. The molecule has 2 heterocycles. The van der Waals surface area contributed by atoms with Crippen LogP contribution in [0.5, 0.6) is 0 Å². The molecule has 0 fully saturated rings. The molecule has 0 aliphatic carbocycles. The lowest BCUT2D eigenvalue weighted by Gasteiger charge is -2.15. The van der Waals surface area contributed by atoms with Crippen LogP contribution in [0.3, 0.4) is 0 Å². The molecular weight excluding hydrogens is 623 g/mol. The number of para-hydroxylation sites is 1. The molecule has 238 valence electrons. The van der Waals surface area contributed by atoms with Crippen molar-refractivity contribution in [2.24, 2.45) is 0 Å². The quantitative estimate of drug-likeness (QED) is 0.174. The van der Waals surface area contributed by atoms with Crippen LogP contribution in [0.2, 0.25) is 0 Å². The smallest absolute Gasteiger partial charge is 0.164 e. The number of benzene rings is 8. The maximum atomic E-state index is 6.31. The molecular formula is C47H29N3O. The predicted molar refractivity (Wildman–Crippen MR) is 209 cm³/mol. The zero-order chi connectivity index (χ0) is 33.7. The molecule has 0 radical (unpaired) electrons. The number of nitrogens with zero attached hydrogens (tertiary/aromatic N) is 3. The number of hydrogen-bond donors (Lipinski definition) is 0. The van der Waals surface area contributed by atoms with E-state index >= 15 is 0 Å². The van der Waals surface area contributed by atoms with Crippen molar-refractivity contribution in [3.63, 3.8) is 0 Å². The summed E-state index contributed by atoms with van der Waals surface area (Å²) in [5.41, 5.74) is 8.83. The van der Waals surface area contributed by atoms with Crippen LogP contribution < -0.4 is 0 Å². The monoisotopic (exact) mass is 651 g/mol. The Bertz CT molecular complexity index is 2910. The summed E-state index contributed by atoms with van der Waals surface area (Å²) in [4.78, 5) is 15.7. The van der Waals surface area contributed by atoms with E-state index in [4.69, 9.17) is 19.4 Å². The standard InChI is InChI=1S/C47H29N3O/c1-3-12-30(13-4-1)34-24-27-39(41(28-34)31-14-5-2-6-15-31)46-48-45(35-25-26-38-37-19-9-10-21-42(37)51-43(38)29-35)49-47(50-46)40-20-11-17-33-23-22-32-16-7-8-18-36(32)44(33)40/h1-29H. The van der Waals surface area contributed by atoms with Gasteiger partial charge in [0.1, 0.15) is 11.2 Å². The topological polar surface area (TPSA) is 51.8 Å². The Morgan fingerprint density at radius 2 is 0.941 bits per heavy atom. The molecule has 0 unspecified atom stereocenters. The second-order valence-corrected chi connectivity index (χ2v) is 12.8. The summed E-state index contributed by atoms with van der Waals surface area (Å²) in [6, 6.07) is 61.1. The first-order valence-electron chi connectivity index (χ1n) is 17.1. The van der Waals surface area contributed by atoms with Crippen molar-refractivity contribution in [1.29, 1.82) is 0 Å². The van der Waals surface area contributed by atoms with Crippen LogP contribution in [0.15, 0.2) is 180 Å². The molecule has 0 bridgehead atoms. The molecule has 0 amide bonds. The Morgan fingerprint density at radius 3 is 1.78 bits per heavy atom. The lowest BCUT2D eigenvalue weighted by Crippen LogP contribution is -2.02. The van der Waals surface area contributed by atoms with Crippen LogP contribution in [-0.4, -0.2) is 15.0 Å². The largest absolute Gasteiger partial charge is 0.456 e. The maximum Gasteiger partial charge on any atom is 0.164 e. The Morgan fingerprint density at radius 1 is 0.314 bits per heavy atom. The second-order valence-electron chi connectivity index (χ2n) is 12.8. The summed E-state index contributed by atoms with van der Waals surface area (Å²) in [7, 11) is 0. The average Bonchev–Trinajstić information content (AvgIpc) is 3.59. The SMILES string of the molecule is c1ccc(-c2ccc(-c3nc(-c4ccc5c(c4)oc4ccccc45)nc(-c4cccc5ccc6ccccc6c45)n3)c(-c3ccccc3)c2)cc1. The molecule has 0 spiro atoms. The highest BCUT2D eigenvalue weighted by molar-refractivity contribution is 6.14. The third-order valence-corrected chi connectivity index (χ3v) is 9.73. The fourth-order valence-corrected chi connectivity index (χ4v) is 7.26. The van der Waals surface area contributed by atoms with Crippen molar-refractivity contribution in [2.75, 3.05) is 0 Å². The van der Waals surface area contributed by atoms with Gasteiger partial charge in [-0.05, 0) is 68.7 Å². The third-order valence-electron chi connectivity index (χ3n) is 9.73. The van der Waals surface area contributed by atoms with Crippen LogP contribution in [0.25, 0.3) is 99.9 Å². The van der Waals surface area contributed by atoms with Gasteiger partial charge in [-0.2, -0.15) is 0 Å². The maximum absolute atomic E-state index is 6.31. The summed E-state index contributed by atoms with van der Waals surface area (Å²) in [5, 5.41) is 6.74. The van der Waals surface area contributed by atoms with E-state index in [1.165, 1.54) is 5.39 Å². The van der Waals surface area contributed by atoms with Crippen molar-refractivity contribution >= 4 is 43.5 Å². The van der Waals surface area contributed by atoms with Gasteiger partial charge in [0.05, 0.1) is 0 Å². The van der Waals surface area contributed by atoms with Gasteiger partial charge in [0, 0.05) is 32.8 Å². The highest BCUT2D eigenvalue weighted by atomic mass is 16.3. The lowest BCUT2D eigenvalue weighted by molar-refractivity contribution is 0.669. The molecule has 0 N–H and O–H groups in total. The van der Waals surface area contributed by atoms with E-state index in [-0.39, 0.29) is 0 Å². The molecule has 10 rings (SSSR count). The number of hydrogen-bond acceptors (Lipinski definition) is 4. The van der Waals surface area contributed by atoms with E-state index in [0.717, 1.165) is 77.0 Å². The van der Waals surface area contributed by atoms with E-state index in [9.17, 15) is 0 Å². The van der Waals surface area contributed by atoms with E-state index in [1.54, 1.807) is 0 Å². The van der Waals surface area contributed by atoms with Crippen molar-refractivity contribution in [2.45, 2.75) is 0 Å². The van der Waals surface area contributed by atoms with Gasteiger partial charge in [-0.1, -0.05) is 146 Å². The van der Waals surface area contributed by atoms with Crippen molar-refractivity contribution in [1.82, 2.24) is 15.0 Å². The molecule has 8 aromatic carbocycles. The molecule has 10 aromatic rings. The molecule has 0 aliphatic heterocycles. The van der Waals surface area contributed by atoms with Crippen molar-refractivity contribution < 1.29 is 4.42 Å². The summed E-state index contributed by atoms with van der Waals surface area (Å²) in [5.74, 6) is 1.81.